The third-order valence-electron chi connectivity index (χ3n) is 14.2. The number of nitrogens with zero attached hydrogens (tertiary/aromatic N) is 36. The molecule has 0 aliphatic heterocycles. The van der Waals surface area contributed by atoms with Gasteiger partial charge in [-0.3, -0.25) is 34.1 Å². The Morgan fingerprint density at radius 1 is 0.333 bits per heavy atom. The first kappa shape index (κ1) is 78.3. The number of rotatable bonds is 16. The van der Waals surface area contributed by atoms with Gasteiger partial charge in [0.1, 0.15) is 34.8 Å². The standard InChI is InChI=1S/C16H13N9S.4C11H11N9OS/c1-10-20-16(26-24-10)22-21-13-12(11-6-3-2-4-7-11)23-25(14(13)17)15-18-8-5-9-19-15;1-5-9(16-17-11-15-6(2)19-22-11)10(12)20(18-5)7-3-8(21)14-4-13-7;3*1-5-8(16-17-11-14-6(2)19-22-11)9(12)20(18-5)10-13-4-3-7(21)15-10/h2-9H,17H2,1H3;3-4H,12H2,1-2H3,(H,13,14,21);3*3-4H,12H2,1-2H3,(H,13,15,21). The number of nitrogen functional groups attached to an aromatic ring is 5. The molecule has 49 nitrogen and oxygen atoms in total. The number of aromatic amines is 4. The summed E-state index contributed by atoms with van der Waals surface area (Å²) in [6.07, 6.45) is 8.63. The van der Waals surface area contributed by atoms with E-state index in [4.69, 9.17) is 28.7 Å². The summed E-state index contributed by atoms with van der Waals surface area (Å²) in [7, 11) is 0. The highest BCUT2D eigenvalue weighted by atomic mass is 32.1. The molecule has 0 atom stereocenters. The van der Waals surface area contributed by atoms with Crippen LogP contribution in [0.4, 0.5) is 83.2 Å². The Labute approximate surface area is 657 Å². The van der Waals surface area contributed by atoms with E-state index in [0.29, 0.717) is 129 Å². The van der Waals surface area contributed by atoms with E-state index in [2.05, 4.69) is 173 Å². The lowest BCUT2D eigenvalue weighted by molar-refractivity contribution is 0.799. The van der Waals surface area contributed by atoms with Gasteiger partial charge < -0.3 is 33.7 Å². The third kappa shape index (κ3) is 19.2. The largest absolute Gasteiger partial charge is 0.382 e. The van der Waals surface area contributed by atoms with E-state index in [1.54, 1.807) is 80.8 Å². The zero-order valence-corrected chi connectivity index (χ0v) is 64.5. The van der Waals surface area contributed by atoms with Crippen LogP contribution < -0.4 is 50.9 Å². The average Bonchev–Trinajstić information content (AvgIpc) is 1.78. The van der Waals surface area contributed by atoms with E-state index in [0.717, 1.165) is 51.7 Å². The molecule has 0 saturated carbocycles. The lowest BCUT2D eigenvalue weighted by Crippen LogP contribution is -2.13. The molecule has 14 N–H and O–H groups in total. The molecule has 0 amide bonds. The highest BCUT2D eigenvalue weighted by molar-refractivity contribution is 7.10. The molecule has 15 aromatic heterocycles. The van der Waals surface area contributed by atoms with E-state index >= 15 is 0 Å². The molecule has 0 radical (unpaired) electrons. The molecule has 16 rings (SSSR count). The highest BCUT2D eigenvalue weighted by Gasteiger charge is 2.23. The van der Waals surface area contributed by atoms with Crippen LogP contribution in [0, 0.1) is 62.3 Å². The molecular formula is C60H57N45O4S5. The summed E-state index contributed by atoms with van der Waals surface area (Å²) >= 11 is 5.71. The lowest BCUT2D eigenvalue weighted by Gasteiger charge is -2.00. The number of hydrogen-bond acceptors (Lipinski definition) is 45. The number of benzene rings is 1. The lowest BCUT2D eigenvalue weighted by atomic mass is 10.1. The fourth-order valence-electron chi connectivity index (χ4n) is 9.14. The Kier molecular flexibility index (Phi) is 24.3. The monoisotopic (exact) mass is 1630 g/mol. The van der Waals surface area contributed by atoms with Crippen LogP contribution in [0.25, 0.3) is 40.9 Å². The van der Waals surface area contributed by atoms with E-state index in [1.807, 2.05) is 30.3 Å². The fraction of sp³-hybridized carbons (Fsp3) is 0.150. The van der Waals surface area contributed by atoms with Gasteiger partial charge in [-0.05, 0) is 68.4 Å². The summed E-state index contributed by atoms with van der Waals surface area (Å²) in [5.74, 6) is 5.64. The Balaban J connectivity index is 0.000000132. The van der Waals surface area contributed by atoms with Gasteiger partial charge in [-0.15, -0.1) is 51.1 Å². The van der Waals surface area contributed by atoms with Crippen molar-refractivity contribution in [3.05, 3.63) is 191 Å². The SMILES string of the molecule is Cc1nsc(N=Nc2c(-c3ccccc3)nn(-c3ncccn3)c2N)n1.Cc1nsc(N=Nc2c(C)nn(-c3cc(=O)[nH]cn3)c2N)n1.Cc1nsc(N=Nc2c(C)nn(-c3nccc(=O)[nH]3)c2N)n1.Cc1nsc(N=Nc2c(C)nn(-c3nccc(=O)[nH]3)c2N)n1.Cc1nsc(N=Nc2c(C)nn(-c3nccc(=O)[nH]3)c2N)n1. The molecule has 0 unspecified atom stereocenters. The molecule has 16 aromatic rings. The summed E-state index contributed by atoms with van der Waals surface area (Å²) in [4.78, 5) is 100. The Bertz CT molecular complexity index is 5880. The second-order valence-electron chi connectivity index (χ2n) is 22.5. The second kappa shape index (κ2) is 35.4. The van der Waals surface area contributed by atoms with Crippen molar-refractivity contribution in [1.82, 2.24) is 146 Å². The Hall–Kier alpha value is -15.3. The maximum absolute atomic E-state index is 11.3. The summed E-state index contributed by atoms with van der Waals surface area (Å²) in [5.41, 5.74) is 34.8. The number of nitrogens with one attached hydrogen (secondary N) is 4. The zero-order chi connectivity index (χ0) is 80.7. The predicted molar refractivity (Wildman–Crippen MR) is 418 cm³/mol. The van der Waals surface area contributed by atoms with Crippen LogP contribution in [0.2, 0.25) is 0 Å². The molecule has 576 valence electrons. The number of aromatic nitrogens is 30. The van der Waals surface area contributed by atoms with Crippen molar-refractivity contribution in [1.29, 1.82) is 0 Å². The molecular weight excluding hydrogens is 1580 g/mol. The van der Waals surface area contributed by atoms with Crippen LogP contribution in [0.5, 0.6) is 0 Å². The van der Waals surface area contributed by atoms with Crippen molar-refractivity contribution in [3.63, 3.8) is 0 Å². The first-order valence-electron chi connectivity index (χ1n) is 32.3. The quantitative estimate of drug-likeness (QED) is 0.0407. The molecule has 0 spiro atoms. The molecule has 54 heteroatoms. The molecule has 0 fully saturated rings. The van der Waals surface area contributed by atoms with Gasteiger partial charge in [0, 0.05) is 118 Å². The first-order chi connectivity index (χ1) is 54.9. The molecule has 0 bridgehead atoms. The summed E-state index contributed by atoms with van der Waals surface area (Å²) < 4.78 is 26.8. The van der Waals surface area contributed by atoms with Crippen molar-refractivity contribution in [2.75, 3.05) is 28.7 Å². The predicted octanol–water partition coefficient (Wildman–Crippen LogP) is 9.17. The molecule has 0 aliphatic rings. The summed E-state index contributed by atoms with van der Waals surface area (Å²) in [6, 6.07) is 16.5. The normalized spacial score (nSPS) is 11.3. The van der Waals surface area contributed by atoms with Gasteiger partial charge in [0.25, 0.3) is 28.2 Å². The van der Waals surface area contributed by atoms with Gasteiger partial charge in [0.2, 0.25) is 43.5 Å². The summed E-state index contributed by atoms with van der Waals surface area (Å²) in [6.45, 7) is 15.8. The van der Waals surface area contributed by atoms with E-state index in [1.165, 1.54) is 84.1 Å². The number of aryl methyl sites for hydroxylation is 9. The zero-order valence-electron chi connectivity index (χ0n) is 60.4. The van der Waals surface area contributed by atoms with E-state index < -0.39 is 0 Å². The van der Waals surface area contributed by atoms with Crippen LogP contribution in [0.3, 0.4) is 0 Å². The Morgan fingerprint density at radius 3 is 0.982 bits per heavy atom. The van der Waals surface area contributed by atoms with Crippen LogP contribution in [-0.2, 0) is 0 Å². The molecule has 1 aromatic carbocycles. The van der Waals surface area contributed by atoms with Crippen LogP contribution in [0.1, 0.15) is 51.9 Å². The van der Waals surface area contributed by atoms with Gasteiger partial charge in [-0.2, -0.15) is 70.8 Å². The van der Waals surface area contributed by atoms with E-state index in [9.17, 15) is 19.2 Å². The van der Waals surface area contributed by atoms with Crippen molar-refractivity contribution >= 4 is 141 Å². The highest BCUT2D eigenvalue weighted by Crippen LogP contribution is 2.38. The van der Waals surface area contributed by atoms with Gasteiger partial charge in [-0.25, -0.2) is 54.8 Å². The minimum Gasteiger partial charge on any atom is -0.382 e. The van der Waals surface area contributed by atoms with Crippen LogP contribution in [0.15, 0.2) is 168 Å². The molecule has 0 saturated heterocycles. The van der Waals surface area contributed by atoms with Crippen molar-refractivity contribution in [2.45, 2.75) is 62.3 Å². The van der Waals surface area contributed by atoms with Crippen molar-refractivity contribution < 1.29 is 0 Å². The third-order valence-corrected chi connectivity index (χ3v) is 17.6. The topological polar surface area (TPSA) is 680 Å². The number of azo groups is 5. The van der Waals surface area contributed by atoms with Gasteiger partial charge in [0.05, 0.1) is 29.1 Å². The number of hydrogen-bond donors (Lipinski definition) is 9. The average molecular weight is 1630 g/mol. The van der Waals surface area contributed by atoms with Gasteiger partial charge in [-0.1, -0.05) is 30.3 Å². The van der Waals surface area contributed by atoms with Gasteiger partial charge >= 0.3 is 0 Å². The molecule has 0 aliphatic carbocycles. The smallest absolute Gasteiger partial charge is 0.252 e. The fourth-order valence-corrected chi connectivity index (χ4v) is 11.7. The van der Waals surface area contributed by atoms with E-state index in [-0.39, 0.29) is 63.4 Å². The number of nitrogens with two attached hydrogens (primary N) is 5. The summed E-state index contributed by atoms with van der Waals surface area (Å²) in [5, 5.41) is 64.2. The first-order valence-corrected chi connectivity index (χ1v) is 36.2. The Morgan fingerprint density at radius 2 is 0.658 bits per heavy atom. The number of H-pyrrole nitrogens is 4. The van der Waals surface area contributed by atoms with Crippen LogP contribution in [-0.4, -0.2) is 146 Å². The minimum atomic E-state index is -0.301. The molecule has 114 heavy (non-hydrogen) atoms. The second-order valence-corrected chi connectivity index (χ2v) is 26.1. The van der Waals surface area contributed by atoms with Gasteiger partial charge in [0.15, 0.2) is 63.3 Å². The van der Waals surface area contributed by atoms with Crippen LogP contribution >= 0.6 is 57.7 Å². The molecule has 15 heterocycles. The number of anilines is 5. The van der Waals surface area contributed by atoms with Crippen molar-refractivity contribution in [2.24, 2.45) is 51.1 Å². The van der Waals surface area contributed by atoms with Crippen molar-refractivity contribution in [3.8, 4) is 40.9 Å². The minimum absolute atomic E-state index is 0.210. The maximum Gasteiger partial charge on any atom is 0.252 e. The maximum atomic E-state index is 11.3.